The summed E-state index contributed by atoms with van der Waals surface area (Å²) in [6.45, 7) is 2.09. The van der Waals surface area contributed by atoms with Crippen LogP contribution in [0.15, 0.2) is 47.5 Å². The molecule has 2 aliphatic rings. The van der Waals surface area contributed by atoms with E-state index in [1.165, 1.54) is 0 Å². The van der Waals surface area contributed by atoms with Gasteiger partial charge in [0.1, 0.15) is 11.3 Å². The molecular formula is C21H18N4O. The van der Waals surface area contributed by atoms with Crippen LogP contribution in [0.4, 0.5) is 0 Å². The molecule has 2 aliphatic heterocycles. The summed E-state index contributed by atoms with van der Waals surface area (Å²) in [6.07, 6.45) is 6.59. The van der Waals surface area contributed by atoms with Crippen molar-refractivity contribution in [3.8, 4) is 11.8 Å². The third-order valence-corrected chi connectivity index (χ3v) is 5.28. The molecule has 0 saturated carbocycles. The van der Waals surface area contributed by atoms with Gasteiger partial charge < -0.3 is 0 Å². The maximum Gasteiger partial charge on any atom is 0.262 e. The Balaban J connectivity index is 1.59. The van der Waals surface area contributed by atoms with Crippen molar-refractivity contribution in [1.82, 2.24) is 19.3 Å². The first-order chi connectivity index (χ1) is 12.8. The van der Waals surface area contributed by atoms with Crippen molar-refractivity contribution in [2.75, 3.05) is 13.1 Å². The monoisotopic (exact) mass is 342 g/mol. The smallest absolute Gasteiger partial charge is 0.262 e. The lowest BCUT2D eigenvalue weighted by Crippen LogP contribution is -2.37. The van der Waals surface area contributed by atoms with Crippen LogP contribution in [0.2, 0.25) is 0 Å². The van der Waals surface area contributed by atoms with Gasteiger partial charge in [0.25, 0.3) is 5.56 Å². The van der Waals surface area contributed by atoms with Gasteiger partial charge in [-0.05, 0) is 49.6 Å². The molecule has 0 aliphatic carbocycles. The molecule has 0 bridgehead atoms. The number of hydrogen-bond acceptors (Lipinski definition) is 4. The third kappa shape index (κ3) is 2.51. The zero-order valence-electron chi connectivity index (χ0n) is 14.4. The average molecular weight is 342 g/mol. The minimum Gasteiger partial charge on any atom is -0.296 e. The van der Waals surface area contributed by atoms with E-state index in [9.17, 15) is 4.79 Å². The number of pyridine rings is 2. The summed E-state index contributed by atoms with van der Waals surface area (Å²) >= 11 is 0. The van der Waals surface area contributed by atoms with Crippen LogP contribution >= 0.6 is 0 Å². The Kier molecular flexibility index (Phi) is 3.58. The zero-order chi connectivity index (χ0) is 17.5. The predicted octanol–water partition coefficient (Wildman–Crippen LogP) is 2.18. The van der Waals surface area contributed by atoms with Gasteiger partial charge in [0.2, 0.25) is 0 Å². The second-order valence-electron chi connectivity index (χ2n) is 6.83. The topological polar surface area (TPSA) is 50.5 Å². The maximum atomic E-state index is 13.1. The normalized spacial score (nSPS) is 18.8. The molecule has 5 nitrogen and oxygen atoms in total. The predicted molar refractivity (Wildman–Crippen MR) is 98.9 cm³/mol. The number of rotatable bonds is 0. The fourth-order valence-corrected chi connectivity index (χ4v) is 4.04. The van der Waals surface area contributed by atoms with Crippen molar-refractivity contribution in [2.45, 2.75) is 25.3 Å². The summed E-state index contributed by atoms with van der Waals surface area (Å²) in [7, 11) is 0. The van der Waals surface area contributed by atoms with E-state index in [-0.39, 0.29) is 11.6 Å². The second-order valence-corrected chi connectivity index (χ2v) is 6.83. The molecule has 0 spiro atoms. The van der Waals surface area contributed by atoms with Gasteiger partial charge in [-0.2, -0.15) is 0 Å². The summed E-state index contributed by atoms with van der Waals surface area (Å²) in [5, 5.41) is 0. The Morgan fingerprint density at radius 3 is 3.00 bits per heavy atom. The highest BCUT2D eigenvalue weighted by Crippen LogP contribution is 2.35. The van der Waals surface area contributed by atoms with Crippen LogP contribution in [-0.2, 0) is 6.42 Å². The standard InChI is InChI=1S/C21H18N4O/c26-21-20-17(9-12-24-11-3-5-18(20)24)23-19-14-15(8-13-25(19)21)6-7-16-4-1-2-10-22-16/h1-2,4,8,10,13-14,18H,3,5,9,11-12H2/t18-/m0/s1. The molecule has 0 radical (unpaired) electrons. The summed E-state index contributed by atoms with van der Waals surface area (Å²) < 4.78 is 1.66. The third-order valence-electron chi connectivity index (χ3n) is 5.28. The lowest BCUT2D eigenvalue weighted by Gasteiger charge is -2.30. The average Bonchev–Trinajstić information content (AvgIpc) is 3.15. The van der Waals surface area contributed by atoms with Gasteiger partial charge in [0.15, 0.2) is 0 Å². The van der Waals surface area contributed by atoms with E-state index < -0.39 is 0 Å². The Morgan fingerprint density at radius 2 is 2.12 bits per heavy atom. The first kappa shape index (κ1) is 15.3. The van der Waals surface area contributed by atoms with Crippen LogP contribution < -0.4 is 5.56 Å². The molecular weight excluding hydrogens is 324 g/mol. The summed E-state index contributed by atoms with van der Waals surface area (Å²) in [4.78, 5) is 24.5. The Bertz CT molecular complexity index is 1110. The largest absolute Gasteiger partial charge is 0.296 e. The van der Waals surface area contributed by atoms with Crippen LogP contribution in [0.3, 0.4) is 0 Å². The molecule has 128 valence electrons. The van der Waals surface area contributed by atoms with E-state index in [1.807, 2.05) is 30.3 Å². The zero-order valence-corrected chi connectivity index (χ0v) is 14.4. The molecule has 26 heavy (non-hydrogen) atoms. The van der Waals surface area contributed by atoms with Crippen molar-refractivity contribution in [3.63, 3.8) is 0 Å². The van der Waals surface area contributed by atoms with Gasteiger partial charge in [-0.1, -0.05) is 12.0 Å². The number of fused-ring (bicyclic) bond motifs is 4. The van der Waals surface area contributed by atoms with Gasteiger partial charge >= 0.3 is 0 Å². The molecule has 0 aromatic carbocycles. The van der Waals surface area contributed by atoms with Crippen molar-refractivity contribution in [3.05, 3.63) is 75.6 Å². The van der Waals surface area contributed by atoms with Crippen LogP contribution in [0.25, 0.3) is 5.65 Å². The highest BCUT2D eigenvalue weighted by molar-refractivity contribution is 5.50. The highest BCUT2D eigenvalue weighted by Gasteiger charge is 2.34. The molecule has 1 saturated heterocycles. The van der Waals surface area contributed by atoms with Gasteiger partial charge in [0, 0.05) is 37.0 Å². The Morgan fingerprint density at radius 1 is 1.15 bits per heavy atom. The van der Waals surface area contributed by atoms with Crippen molar-refractivity contribution in [2.24, 2.45) is 0 Å². The van der Waals surface area contributed by atoms with E-state index >= 15 is 0 Å². The first-order valence-corrected chi connectivity index (χ1v) is 9.02. The minimum atomic E-state index is 0.0748. The quantitative estimate of drug-likeness (QED) is 0.588. The Hall–Kier alpha value is -2.97. The van der Waals surface area contributed by atoms with Crippen LogP contribution in [0.1, 0.15) is 41.4 Å². The van der Waals surface area contributed by atoms with E-state index in [0.717, 1.165) is 54.9 Å². The SMILES string of the molecule is O=c1c2c(nc3cc(C#Cc4ccccn4)ccn13)CCN1CCC[C@@H]21. The molecule has 3 aromatic rings. The van der Waals surface area contributed by atoms with E-state index in [0.29, 0.717) is 5.65 Å². The molecule has 0 N–H and O–H groups in total. The van der Waals surface area contributed by atoms with E-state index in [2.05, 4.69) is 21.7 Å². The molecule has 1 fully saturated rings. The van der Waals surface area contributed by atoms with E-state index in [1.54, 1.807) is 16.8 Å². The van der Waals surface area contributed by atoms with Gasteiger partial charge in [0.05, 0.1) is 11.3 Å². The first-order valence-electron chi connectivity index (χ1n) is 9.02. The fraction of sp³-hybridized carbons (Fsp3) is 0.286. The van der Waals surface area contributed by atoms with Gasteiger partial charge in [-0.15, -0.1) is 0 Å². The Labute approximate surface area is 151 Å². The van der Waals surface area contributed by atoms with Crippen LogP contribution in [-0.4, -0.2) is 32.4 Å². The number of nitrogens with zero attached hydrogens (tertiary/aromatic N) is 4. The number of hydrogen-bond donors (Lipinski definition) is 0. The minimum absolute atomic E-state index is 0.0748. The van der Waals surface area contributed by atoms with Gasteiger partial charge in [-0.25, -0.2) is 9.97 Å². The molecule has 0 amide bonds. The molecule has 0 unspecified atom stereocenters. The lowest BCUT2D eigenvalue weighted by atomic mass is 9.98. The number of aromatic nitrogens is 3. The summed E-state index contributed by atoms with van der Waals surface area (Å²) in [5.74, 6) is 6.16. The highest BCUT2D eigenvalue weighted by atomic mass is 16.1. The maximum absolute atomic E-state index is 13.1. The van der Waals surface area contributed by atoms with Gasteiger partial charge in [-0.3, -0.25) is 14.1 Å². The van der Waals surface area contributed by atoms with Crippen LogP contribution in [0, 0.1) is 11.8 Å². The molecule has 1 atom stereocenters. The second kappa shape index (κ2) is 6.08. The molecule has 5 heterocycles. The molecule has 5 rings (SSSR count). The van der Waals surface area contributed by atoms with Crippen molar-refractivity contribution < 1.29 is 0 Å². The summed E-state index contributed by atoms with van der Waals surface area (Å²) in [6, 6.07) is 9.66. The summed E-state index contributed by atoms with van der Waals surface area (Å²) in [5.41, 5.74) is 4.18. The molecule has 5 heteroatoms. The fourth-order valence-electron chi connectivity index (χ4n) is 4.04. The van der Waals surface area contributed by atoms with Crippen LogP contribution in [0.5, 0.6) is 0 Å². The van der Waals surface area contributed by atoms with Crippen molar-refractivity contribution in [1.29, 1.82) is 0 Å². The lowest BCUT2D eigenvalue weighted by molar-refractivity contribution is 0.239. The van der Waals surface area contributed by atoms with Crippen molar-refractivity contribution >= 4 is 5.65 Å². The van der Waals surface area contributed by atoms with E-state index in [4.69, 9.17) is 4.98 Å². The molecule has 3 aromatic heterocycles.